The van der Waals surface area contributed by atoms with E-state index in [1.165, 1.54) is 17.0 Å². The minimum atomic E-state index is -0.599. The first kappa shape index (κ1) is 32.6. The van der Waals surface area contributed by atoms with Crippen LogP contribution in [0, 0.1) is 21.4 Å². The van der Waals surface area contributed by atoms with Gasteiger partial charge in [0.05, 0.1) is 42.5 Å². The molecule has 0 radical (unpaired) electrons. The number of carbonyl (C=O) groups excluding carboxylic acids is 1. The van der Waals surface area contributed by atoms with Crippen LogP contribution < -0.4 is 15.4 Å². The fraction of sp³-hybridized carbons (Fsp3) is 0.194. The largest absolute Gasteiger partial charge is 0.486 e. The summed E-state index contributed by atoms with van der Waals surface area (Å²) in [5.74, 6) is 0.665. The van der Waals surface area contributed by atoms with Gasteiger partial charge in [0.15, 0.2) is 11.8 Å². The van der Waals surface area contributed by atoms with Gasteiger partial charge < -0.3 is 30.0 Å². The van der Waals surface area contributed by atoms with Crippen molar-refractivity contribution in [3.8, 4) is 11.8 Å². The Morgan fingerprint density at radius 2 is 2.02 bits per heavy atom. The fourth-order valence-corrected chi connectivity index (χ4v) is 5.11. The average molecular weight is 700 g/mol. The second-order valence-corrected chi connectivity index (χ2v) is 11.8. The number of halogens is 1. The average Bonchev–Trinajstić information content (AvgIpc) is 3.35. The molecule has 0 atom stereocenters. The number of anilines is 3. The van der Waals surface area contributed by atoms with Gasteiger partial charge in [-0.25, -0.2) is 15.0 Å². The molecule has 0 fully saturated rings. The maximum absolute atomic E-state index is 12.8. The van der Waals surface area contributed by atoms with Crippen LogP contribution in [0.3, 0.4) is 0 Å². The summed E-state index contributed by atoms with van der Waals surface area (Å²) in [4.78, 5) is 44.7. The first-order valence-corrected chi connectivity index (χ1v) is 14.9. The summed E-state index contributed by atoms with van der Waals surface area (Å²) in [6.07, 6.45) is 7.73. The number of rotatable bonds is 12. The highest BCUT2D eigenvalue weighted by Gasteiger charge is 2.30. The fourth-order valence-electron chi connectivity index (χ4n) is 4.62. The Morgan fingerprint density at radius 1 is 1.19 bits per heavy atom. The van der Waals surface area contributed by atoms with Crippen LogP contribution in [0.2, 0.25) is 0 Å². The van der Waals surface area contributed by atoms with Crippen molar-refractivity contribution >= 4 is 55.9 Å². The molecule has 5 rings (SSSR count). The number of benzene rings is 1. The van der Waals surface area contributed by atoms with E-state index in [0.717, 1.165) is 15.9 Å². The van der Waals surface area contributed by atoms with E-state index in [4.69, 9.17) is 4.74 Å². The monoisotopic (exact) mass is 698 g/mol. The van der Waals surface area contributed by atoms with Crippen molar-refractivity contribution in [2.75, 3.05) is 31.3 Å². The number of quaternary nitrogens is 1. The predicted octanol–water partition coefficient (Wildman–Crippen LogP) is 4.79. The number of nitrogens with zero attached hydrogens (tertiary/aromatic N) is 9. The van der Waals surface area contributed by atoms with Gasteiger partial charge in [-0.15, -0.1) is 0 Å². The molecule has 0 unspecified atom stereocenters. The van der Waals surface area contributed by atoms with Crippen molar-refractivity contribution in [1.82, 2.24) is 29.5 Å². The van der Waals surface area contributed by atoms with Crippen LogP contribution in [0.4, 0.5) is 23.1 Å². The summed E-state index contributed by atoms with van der Waals surface area (Å²) in [6.45, 7) is 0.913. The number of pyridine rings is 2. The van der Waals surface area contributed by atoms with E-state index in [9.17, 15) is 20.2 Å². The highest BCUT2D eigenvalue weighted by molar-refractivity contribution is 9.10. The van der Waals surface area contributed by atoms with Crippen molar-refractivity contribution in [2.24, 2.45) is 7.05 Å². The molecule has 0 aliphatic heterocycles. The standard InChI is InChI=1S/C31H28BrN11O4/c1-41-25(31(42(45)46)40-28(41)15-33)17-43(2,3)12-6-8-29(44)39-27-14-22-24(16-35-27)36-19-37-30(22)38-20-9-10-26(23(32)13-20)47-18-21-7-4-5-11-34-21/h4-11,13-14,16,19H,12,17-18H2,1-3H3,(H-,35,36,37,38,39,44)/p+1/b8-6+. The Morgan fingerprint density at radius 3 is 2.74 bits per heavy atom. The first-order chi connectivity index (χ1) is 22.5. The number of nitrogens with one attached hydrogen (secondary N) is 2. The van der Waals surface area contributed by atoms with E-state index < -0.39 is 10.8 Å². The SMILES string of the molecule is Cn1c(C#N)nc([N+](=O)[O-])c1C[N+](C)(C)C/C=C/C(=O)Nc1cc2c(Nc3ccc(OCc4ccccn4)c(Br)c3)ncnc2cn1. The Hall–Kier alpha value is -5.79. The first-order valence-electron chi connectivity index (χ1n) is 14.1. The Labute approximate surface area is 277 Å². The molecule has 47 heavy (non-hydrogen) atoms. The quantitative estimate of drug-likeness (QED) is 0.0789. The summed E-state index contributed by atoms with van der Waals surface area (Å²) in [5.41, 5.74) is 2.45. The van der Waals surface area contributed by atoms with Gasteiger partial charge in [-0.2, -0.15) is 5.26 Å². The number of carbonyl (C=O) groups is 1. The van der Waals surface area contributed by atoms with Crippen LogP contribution in [0.5, 0.6) is 5.75 Å². The highest BCUT2D eigenvalue weighted by Crippen LogP contribution is 2.31. The molecule has 5 aromatic rings. The van der Waals surface area contributed by atoms with E-state index in [1.807, 2.05) is 56.6 Å². The maximum Gasteiger partial charge on any atom is 0.392 e. The zero-order valence-corrected chi connectivity index (χ0v) is 27.2. The Bertz CT molecular complexity index is 2020. The molecule has 4 heterocycles. The molecule has 1 amide bonds. The van der Waals surface area contributed by atoms with Crippen molar-refractivity contribution in [2.45, 2.75) is 13.2 Å². The second kappa shape index (κ2) is 14.1. The summed E-state index contributed by atoms with van der Waals surface area (Å²) in [6, 6.07) is 14.7. The van der Waals surface area contributed by atoms with Gasteiger partial charge >= 0.3 is 11.6 Å². The molecular weight excluding hydrogens is 670 g/mol. The van der Waals surface area contributed by atoms with Gasteiger partial charge in [0.1, 0.15) is 36.9 Å². The molecule has 0 aliphatic rings. The van der Waals surface area contributed by atoms with E-state index in [2.05, 4.69) is 51.5 Å². The molecule has 0 bridgehead atoms. The van der Waals surface area contributed by atoms with Crippen LogP contribution >= 0.6 is 15.9 Å². The molecule has 1 aromatic carbocycles. The van der Waals surface area contributed by atoms with Gasteiger partial charge in [0.25, 0.3) is 0 Å². The number of hydrogen-bond acceptors (Lipinski definition) is 11. The third-order valence-electron chi connectivity index (χ3n) is 6.98. The summed E-state index contributed by atoms with van der Waals surface area (Å²) in [5, 5.41) is 27.4. The van der Waals surface area contributed by atoms with Gasteiger partial charge in [-0.1, -0.05) is 6.07 Å². The van der Waals surface area contributed by atoms with Crippen LogP contribution in [-0.2, 0) is 25.0 Å². The van der Waals surface area contributed by atoms with Crippen LogP contribution in [0.25, 0.3) is 10.9 Å². The molecule has 15 nitrogen and oxygen atoms in total. The van der Waals surface area contributed by atoms with Crippen molar-refractivity contribution in [3.63, 3.8) is 0 Å². The van der Waals surface area contributed by atoms with Gasteiger partial charge in [-0.3, -0.25) is 14.3 Å². The molecule has 0 saturated carbocycles. The third kappa shape index (κ3) is 8.09. The number of nitriles is 1. The van der Waals surface area contributed by atoms with Crippen molar-refractivity contribution < 1.29 is 18.9 Å². The Balaban J connectivity index is 1.23. The summed E-state index contributed by atoms with van der Waals surface area (Å²) in [7, 11) is 5.27. The molecule has 0 aliphatic carbocycles. The topological polar surface area (TPSA) is 187 Å². The van der Waals surface area contributed by atoms with E-state index in [1.54, 1.807) is 31.6 Å². The number of amides is 1. The zero-order valence-electron chi connectivity index (χ0n) is 25.6. The van der Waals surface area contributed by atoms with Crippen molar-refractivity contribution in [1.29, 1.82) is 5.26 Å². The molecular formula is C31H29BrN11O4+. The summed E-state index contributed by atoms with van der Waals surface area (Å²) >= 11 is 3.56. The van der Waals surface area contributed by atoms with Crippen LogP contribution in [0.15, 0.2) is 77.8 Å². The number of nitro groups is 1. The highest BCUT2D eigenvalue weighted by atomic mass is 79.9. The van der Waals surface area contributed by atoms with Crippen LogP contribution in [-0.4, -0.2) is 65.4 Å². The number of aromatic nitrogens is 6. The number of hydrogen-bond donors (Lipinski definition) is 2. The lowest BCUT2D eigenvalue weighted by Crippen LogP contribution is -2.39. The Kier molecular flexibility index (Phi) is 9.78. The molecule has 0 spiro atoms. The minimum Gasteiger partial charge on any atom is -0.486 e. The van der Waals surface area contributed by atoms with E-state index >= 15 is 0 Å². The van der Waals surface area contributed by atoms with E-state index in [0.29, 0.717) is 47.1 Å². The number of imidazole rings is 1. The lowest BCUT2D eigenvalue weighted by Gasteiger charge is -2.28. The molecule has 4 aromatic heterocycles. The molecule has 2 N–H and O–H groups in total. The smallest absolute Gasteiger partial charge is 0.392 e. The molecule has 238 valence electrons. The normalized spacial score (nSPS) is 11.4. The minimum absolute atomic E-state index is 0.0406. The number of fused-ring (bicyclic) bond motifs is 1. The number of likely N-dealkylation sites (N-methyl/N-ethyl adjacent to an activating group) is 1. The molecule has 16 heteroatoms. The van der Waals surface area contributed by atoms with Crippen molar-refractivity contribution in [3.05, 3.63) is 105 Å². The van der Waals surface area contributed by atoms with Crippen LogP contribution in [0.1, 0.15) is 17.2 Å². The van der Waals surface area contributed by atoms with Gasteiger partial charge in [0.2, 0.25) is 5.91 Å². The second-order valence-electron chi connectivity index (χ2n) is 11.0. The lowest BCUT2D eigenvalue weighted by atomic mass is 10.2. The van der Waals surface area contributed by atoms with Gasteiger partial charge in [-0.05, 0) is 68.3 Å². The zero-order chi connectivity index (χ0) is 33.6. The van der Waals surface area contributed by atoms with Gasteiger partial charge in [0, 0.05) is 30.4 Å². The number of ether oxygens (including phenoxy) is 1. The maximum atomic E-state index is 12.8. The third-order valence-corrected chi connectivity index (χ3v) is 7.60. The van der Waals surface area contributed by atoms with E-state index in [-0.39, 0.29) is 22.7 Å². The molecule has 0 saturated heterocycles. The predicted molar refractivity (Wildman–Crippen MR) is 176 cm³/mol. The lowest BCUT2D eigenvalue weighted by molar-refractivity contribution is -0.898. The summed E-state index contributed by atoms with van der Waals surface area (Å²) < 4.78 is 8.32.